The molecule has 0 heterocycles. The smallest absolute Gasteiger partial charge is 0.338 e. The van der Waals surface area contributed by atoms with Gasteiger partial charge in [0.15, 0.2) is 0 Å². The third-order valence-corrected chi connectivity index (χ3v) is 3.47. The van der Waals surface area contributed by atoms with Crippen LogP contribution >= 0.6 is 0 Å². The maximum atomic E-state index is 12.1. The number of rotatable bonds is 4. The lowest BCUT2D eigenvalue weighted by Crippen LogP contribution is -2.34. The molecule has 3 heteroatoms. The van der Waals surface area contributed by atoms with Gasteiger partial charge >= 0.3 is 5.97 Å². The molecule has 2 aromatic carbocycles. The molecule has 128 valence electrons. The number of nitrogens with two attached hydrogens (primary N) is 1. The van der Waals surface area contributed by atoms with E-state index in [2.05, 4.69) is 24.3 Å². The molecule has 0 aliphatic carbocycles. The van der Waals surface area contributed by atoms with Gasteiger partial charge in [-0.05, 0) is 69.9 Å². The van der Waals surface area contributed by atoms with Crippen LogP contribution in [0.25, 0.3) is 11.1 Å². The van der Waals surface area contributed by atoms with E-state index < -0.39 is 5.60 Å². The standard InChI is InChI=1S/C21H27NO2/c1-20(2,3)24-19(23)18-12-10-17(11-13-18)16-8-6-15(7-9-16)14-21(4,5)22/h6-13H,14,22H2,1-5H3. The van der Waals surface area contributed by atoms with Crippen molar-refractivity contribution in [1.82, 2.24) is 0 Å². The molecule has 24 heavy (non-hydrogen) atoms. The summed E-state index contributed by atoms with van der Waals surface area (Å²) >= 11 is 0. The average molecular weight is 325 g/mol. The van der Waals surface area contributed by atoms with Gasteiger partial charge in [-0.1, -0.05) is 36.4 Å². The number of hydrogen-bond donors (Lipinski definition) is 1. The first-order chi connectivity index (χ1) is 11.0. The van der Waals surface area contributed by atoms with Crippen molar-refractivity contribution in [1.29, 1.82) is 0 Å². The molecule has 0 spiro atoms. The first kappa shape index (κ1) is 18.2. The van der Waals surface area contributed by atoms with Crippen molar-refractivity contribution < 1.29 is 9.53 Å². The fourth-order valence-electron chi connectivity index (χ4n) is 2.48. The fourth-order valence-corrected chi connectivity index (χ4v) is 2.48. The third-order valence-electron chi connectivity index (χ3n) is 3.47. The van der Waals surface area contributed by atoms with E-state index in [-0.39, 0.29) is 11.5 Å². The summed E-state index contributed by atoms with van der Waals surface area (Å²) in [5.74, 6) is -0.297. The molecular formula is C21H27NO2. The van der Waals surface area contributed by atoms with Crippen LogP contribution in [-0.4, -0.2) is 17.1 Å². The molecule has 0 saturated carbocycles. The van der Waals surface area contributed by atoms with Crippen molar-refractivity contribution in [2.45, 2.75) is 52.2 Å². The van der Waals surface area contributed by atoms with Gasteiger partial charge < -0.3 is 10.5 Å². The predicted molar refractivity (Wildman–Crippen MR) is 99.0 cm³/mol. The average Bonchev–Trinajstić information content (AvgIpc) is 2.45. The van der Waals surface area contributed by atoms with E-state index in [1.165, 1.54) is 5.56 Å². The zero-order valence-electron chi connectivity index (χ0n) is 15.2. The van der Waals surface area contributed by atoms with Crippen LogP contribution in [0.4, 0.5) is 0 Å². The molecule has 0 amide bonds. The van der Waals surface area contributed by atoms with E-state index in [0.717, 1.165) is 17.5 Å². The van der Waals surface area contributed by atoms with Gasteiger partial charge in [0.2, 0.25) is 0 Å². The van der Waals surface area contributed by atoms with E-state index in [1.807, 2.05) is 46.8 Å². The molecule has 2 N–H and O–H groups in total. The molecule has 0 aliphatic rings. The second kappa shape index (κ2) is 6.78. The Balaban J connectivity index is 2.12. The SMILES string of the molecule is CC(C)(N)Cc1ccc(-c2ccc(C(=O)OC(C)(C)C)cc2)cc1. The summed E-state index contributed by atoms with van der Waals surface area (Å²) in [6.07, 6.45) is 0.838. The molecule has 0 bridgehead atoms. The Hall–Kier alpha value is -2.13. The Morgan fingerprint density at radius 3 is 1.75 bits per heavy atom. The van der Waals surface area contributed by atoms with Gasteiger partial charge in [-0.15, -0.1) is 0 Å². The number of ether oxygens (including phenoxy) is 1. The van der Waals surface area contributed by atoms with E-state index in [4.69, 9.17) is 10.5 Å². The van der Waals surface area contributed by atoms with Crippen LogP contribution in [0.2, 0.25) is 0 Å². The number of esters is 1. The Morgan fingerprint density at radius 1 is 0.875 bits per heavy atom. The molecule has 2 rings (SSSR count). The molecule has 0 unspecified atom stereocenters. The molecule has 0 fully saturated rings. The first-order valence-electron chi connectivity index (χ1n) is 8.25. The largest absolute Gasteiger partial charge is 0.456 e. The number of benzene rings is 2. The zero-order chi connectivity index (χ0) is 18.0. The quantitative estimate of drug-likeness (QED) is 0.837. The minimum Gasteiger partial charge on any atom is -0.456 e. The summed E-state index contributed by atoms with van der Waals surface area (Å²) in [7, 11) is 0. The first-order valence-corrected chi connectivity index (χ1v) is 8.25. The van der Waals surface area contributed by atoms with Gasteiger partial charge in [-0.2, -0.15) is 0 Å². The Labute approximate surface area is 144 Å². The van der Waals surface area contributed by atoms with Crippen LogP contribution in [0.1, 0.15) is 50.5 Å². The Morgan fingerprint density at radius 2 is 1.33 bits per heavy atom. The van der Waals surface area contributed by atoms with Gasteiger partial charge in [0.05, 0.1) is 5.56 Å². The van der Waals surface area contributed by atoms with Crippen LogP contribution in [0.5, 0.6) is 0 Å². The molecule has 0 saturated heterocycles. The van der Waals surface area contributed by atoms with Crippen LogP contribution in [0.3, 0.4) is 0 Å². The maximum Gasteiger partial charge on any atom is 0.338 e. The molecular weight excluding hydrogens is 298 g/mol. The van der Waals surface area contributed by atoms with Crippen molar-refractivity contribution in [2.24, 2.45) is 5.73 Å². The molecule has 0 aromatic heterocycles. The minimum atomic E-state index is -0.484. The minimum absolute atomic E-state index is 0.212. The van der Waals surface area contributed by atoms with Crippen LogP contribution < -0.4 is 5.73 Å². The molecule has 3 nitrogen and oxygen atoms in total. The van der Waals surface area contributed by atoms with E-state index in [0.29, 0.717) is 5.56 Å². The van der Waals surface area contributed by atoms with Gasteiger partial charge in [0.25, 0.3) is 0 Å². The highest BCUT2D eigenvalue weighted by Gasteiger charge is 2.17. The topological polar surface area (TPSA) is 52.3 Å². The van der Waals surface area contributed by atoms with Gasteiger partial charge in [-0.25, -0.2) is 4.79 Å². The number of carbonyl (C=O) groups is 1. The number of carbonyl (C=O) groups excluding carboxylic acids is 1. The van der Waals surface area contributed by atoms with Crippen molar-refractivity contribution >= 4 is 5.97 Å². The van der Waals surface area contributed by atoms with E-state index in [1.54, 1.807) is 12.1 Å². The van der Waals surface area contributed by atoms with Crippen molar-refractivity contribution in [3.63, 3.8) is 0 Å². The van der Waals surface area contributed by atoms with E-state index in [9.17, 15) is 4.79 Å². The second-order valence-corrected chi connectivity index (χ2v) is 7.94. The van der Waals surface area contributed by atoms with Crippen molar-refractivity contribution in [3.8, 4) is 11.1 Å². The zero-order valence-corrected chi connectivity index (χ0v) is 15.2. The van der Waals surface area contributed by atoms with Gasteiger partial charge in [-0.3, -0.25) is 0 Å². The molecule has 0 aliphatic heterocycles. The highest BCUT2D eigenvalue weighted by molar-refractivity contribution is 5.90. The predicted octanol–water partition coefficient (Wildman–Crippen LogP) is 4.59. The van der Waals surface area contributed by atoms with Crippen LogP contribution in [0.15, 0.2) is 48.5 Å². The van der Waals surface area contributed by atoms with Crippen LogP contribution in [-0.2, 0) is 11.2 Å². The maximum absolute atomic E-state index is 12.1. The Bertz CT molecular complexity index is 687. The summed E-state index contributed by atoms with van der Waals surface area (Å²) in [6.45, 7) is 9.64. The molecule has 0 radical (unpaired) electrons. The summed E-state index contributed by atoms with van der Waals surface area (Å²) in [4.78, 5) is 12.1. The highest BCUT2D eigenvalue weighted by Crippen LogP contribution is 2.22. The third kappa shape index (κ3) is 5.50. The highest BCUT2D eigenvalue weighted by atomic mass is 16.6. The van der Waals surface area contributed by atoms with Gasteiger partial charge in [0.1, 0.15) is 5.60 Å². The summed E-state index contributed by atoms with van der Waals surface area (Å²) in [6, 6.07) is 15.9. The second-order valence-electron chi connectivity index (χ2n) is 7.94. The number of hydrogen-bond acceptors (Lipinski definition) is 3. The Kier molecular flexibility index (Phi) is 5.14. The molecule has 2 aromatic rings. The van der Waals surface area contributed by atoms with Gasteiger partial charge in [0, 0.05) is 5.54 Å². The lowest BCUT2D eigenvalue weighted by molar-refractivity contribution is 0.00695. The summed E-state index contributed by atoms with van der Waals surface area (Å²) in [5.41, 5.74) is 9.34. The van der Waals surface area contributed by atoms with Crippen molar-refractivity contribution in [2.75, 3.05) is 0 Å². The lowest BCUT2D eigenvalue weighted by Gasteiger charge is -2.19. The normalized spacial score (nSPS) is 12.1. The fraction of sp³-hybridized carbons (Fsp3) is 0.381. The lowest BCUT2D eigenvalue weighted by atomic mass is 9.94. The monoisotopic (exact) mass is 325 g/mol. The van der Waals surface area contributed by atoms with E-state index >= 15 is 0 Å². The summed E-state index contributed by atoms with van der Waals surface area (Å²) < 4.78 is 5.38. The van der Waals surface area contributed by atoms with Crippen LogP contribution in [0, 0.1) is 0 Å². The summed E-state index contributed by atoms with van der Waals surface area (Å²) in [5, 5.41) is 0. The van der Waals surface area contributed by atoms with Crippen molar-refractivity contribution in [3.05, 3.63) is 59.7 Å². The molecule has 0 atom stereocenters.